The third-order valence-electron chi connectivity index (χ3n) is 4.93. The zero-order valence-corrected chi connectivity index (χ0v) is 12.4. The van der Waals surface area contributed by atoms with Gasteiger partial charge >= 0.3 is 0 Å². The number of anilines is 1. The van der Waals surface area contributed by atoms with Gasteiger partial charge in [-0.2, -0.15) is 0 Å². The predicted molar refractivity (Wildman–Crippen MR) is 81.8 cm³/mol. The second kappa shape index (κ2) is 4.82. The molecule has 0 amide bonds. The highest BCUT2D eigenvalue weighted by molar-refractivity contribution is 5.50. The van der Waals surface area contributed by atoms with Crippen molar-refractivity contribution in [3.8, 4) is 0 Å². The third-order valence-corrected chi connectivity index (χ3v) is 4.93. The van der Waals surface area contributed by atoms with Crippen LogP contribution in [0, 0.1) is 5.41 Å². The van der Waals surface area contributed by atoms with E-state index in [9.17, 15) is 0 Å². The van der Waals surface area contributed by atoms with Crippen LogP contribution in [0.1, 0.15) is 39.2 Å². The van der Waals surface area contributed by atoms with Crippen LogP contribution < -0.4 is 10.2 Å². The van der Waals surface area contributed by atoms with Crippen molar-refractivity contribution in [1.29, 1.82) is 0 Å². The molecule has 0 aliphatic carbocycles. The van der Waals surface area contributed by atoms with E-state index in [1.807, 2.05) is 0 Å². The number of nitrogens with zero attached hydrogens (tertiary/aromatic N) is 1. The summed E-state index contributed by atoms with van der Waals surface area (Å²) in [6.45, 7) is 9.38. The highest BCUT2D eigenvalue weighted by Gasteiger charge is 2.46. The minimum absolute atomic E-state index is 0.370. The van der Waals surface area contributed by atoms with Gasteiger partial charge in [0.2, 0.25) is 0 Å². The van der Waals surface area contributed by atoms with Crippen LogP contribution in [0.5, 0.6) is 0 Å². The Morgan fingerprint density at radius 3 is 2.68 bits per heavy atom. The molecule has 0 spiro atoms. The topological polar surface area (TPSA) is 15.3 Å². The molecule has 2 atom stereocenters. The smallest absolute Gasteiger partial charge is 0.0506 e. The van der Waals surface area contributed by atoms with Crippen molar-refractivity contribution < 1.29 is 0 Å². The first-order valence-electron chi connectivity index (χ1n) is 7.71. The van der Waals surface area contributed by atoms with E-state index in [-0.39, 0.29) is 0 Å². The number of benzene rings is 1. The number of hydrogen-bond donors (Lipinski definition) is 1. The molecule has 2 nitrogen and oxygen atoms in total. The van der Waals surface area contributed by atoms with Crippen LogP contribution >= 0.6 is 0 Å². The largest absolute Gasteiger partial charge is 0.366 e. The second-order valence-corrected chi connectivity index (χ2v) is 6.78. The standard InChI is InChI=1S/C17H26N2/c1-4-13-7-9-14(10-8-13)19-11-5-6-15-16(19)17(2,3)12-18-15/h7-10,15-16,18H,4-6,11-12H2,1-3H3. The van der Waals surface area contributed by atoms with Gasteiger partial charge in [-0.3, -0.25) is 0 Å². The molecule has 0 aromatic heterocycles. The Labute approximate surface area is 117 Å². The fourth-order valence-corrected chi connectivity index (χ4v) is 3.89. The Bertz CT molecular complexity index is 435. The molecule has 2 aliphatic heterocycles. The molecular weight excluding hydrogens is 232 g/mol. The summed E-state index contributed by atoms with van der Waals surface area (Å²) in [7, 11) is 0. The minimum Gasteiger partial charge on any atom is -0.366 e. The predicted octanol–water partition coefficient (Wildman–Crippen LogP) is 3.22. The highest BCUT2D eigenvalue weighted by atomic mass is 15.2. The summed E-state index contributed by atoms with van der Waals surface area (Å²) in [6.07, 6.45) is 3.76. The van der Waals surface area contributed by atoms with E-state index in [1.165, 1.54) is 30.6 Å². The number of piperidine rings is 1. The van der Waals surface area contributed by atoms with Gasteiger partial charge in [-0.05, 0) is 42.4 Å². The van der Waals surface area contributed by atoms with Crippen molar-refractivity contribution >= 4 is 5.69 Å². The summed E-state index contributed by atoms with van der Waals surface area (Å²) >= 11 is 0. The van der Waals surface area contributed by atoms with Gasteiger partial charge < -0.3 is 10.2 Å². The minimum atomic E-state index is 0.370. The van der Waals surface area contributed by atoms with Crippen LogP contribution in [0.4, 0.5) is 5.69 Å². The summed E-state index contributed by atoms with van der Waals surface area (Å²) in [4.78, 5) is 2.65. The molecule has 2 saturated heterocycles. The Hall–Kier alpha value is -1.02. The van der Waals surface area contributed by atoms with Crippen LogP contribution in [0.3, 0.4) is 0 Å². The molecule has 0 saturated carbocycles. The first-order valence-corrected chi connectivity index (χ1v) is 7.71. The zero-order chi connectivity index (χ0) is 13.5. The van der Waals surface area contributed by atoms with Crippen molar-refractivity contribution in [1.82, 2.24) is 5.32 Å². The lowest BCUT2D eigenvalue weighted by Gasteiger charge is -2.44. The average Bonchev–Trinajstić information content (AvgIpc) is 2.75. The summed E-state index contributed by atoms with van der Waals surface area (Å²) in [5.41, 5.74) is 3.21. The van der Waals surface area contributed by atoms with E-state index < -0.39 is 0 Å². The molecule has 1 aromatic carbocycles. The molecule has 104 valence electrons. The van der Waals surface area contributed by atoms with E-state index >= 15 is 0 Å². The van der Waals surface area contributed by atoms with Crippen molar-refractivity contribution in [3.05, 3.63) is 29.8 Å². The maximum Gasteiger partial charge on any atom is 0.0506 e. The van der Waals surface area contributed by atoms with Gasteiger partial charge in [-0.1, -0.05) is 32.9 Å². The van der Waals surface area contributed by atoms with E-state index in [1.54, 1.807) is 0 Å². The van der Waals surface area contributed by atoms with Crippen LogP contribution in [-0.4, -0.2) is 25.2 Å². The van der Waals surface area contributed by atoms with Gasteiger partial charge in [0.25, 0.3) is 0 Å². The first-order chi connectivity index (χ1) is 9.12. The number of hydrogen-bond acceptors (Lipinski definition) is 2. The fraction of sp³-hybridized carbons (Fsp3) is 0.647. The monoisotopic (exact) mass is 258 g/mol. The van der Waals surface area contributed by atoms with Crippen LogP contribution in [0.25, 0.3) is 0 Å². The van der Waals surface area contributed by atoms with Crippen molar-refractivity contribution in [3.63, 3.8) is 0 Å². The highest BCUT2D eigenvalue weighted by Crippen LogP contribution is 2.39. The molecule has 2 fully saturated rings. The van der Waals surface area contributed by atoms with Crippen LogP contribution in [0.2, 0.25) is 0 Å². The fourth-order valence-electron chi connectivity index (χ4n) is 3.89. The Balaban J connectivity index is 1.89. The summed E-state index contributed by atoms with van der Waals surface area (Å²) in [5, 5.41) is 3.73. The van der Waals surface area contributed by atoms with Crippen LogP contribution in [-0.2, 0) is 6.42 Å². The molecule has 1 N–H and O–H groups in total. The van der Waals surface area contributed by atoms with Gasteiger partial charge in [0.05, 0.1) is 6.04 Å². The maximum absolute atomic E-state index is 3.73. The van der Waals surface area contributed by atoms with Crippen molar-refractivity contribution in [2.45, 2.75) is 52.1 Å². The summed E-state index contributed by atoms with van der Waals surface area (Å²) in [6, 6.07) is 10.5. The molecule has 2 heterocycles. The third kappa shape index (κ3) is 2.27. The van der Waals surface area contributed by atoms with Crippen molar-refractivity contribution in [2.24, 2.45) is 5.41 Å². The molecule has 3 rings (SSSR count). The number of aryl methyl sites for hydroxylation is 1. The van der Waals surface area contributed by atoms with Gasteiger partial charge in [0.15, 0.2) is 0 Å². The molecule has 0 radical (unpaired) electrons. The summed E-state index contributed by atoms with van der Waals surface area (Å²) in [5.74, 6) is 0. The lowest BCUT2D eigenvalue weighted by atomic mass is 9.80. The van der Waals surface area contributed by atoms with Crippen molar-refractivity contribution in [2.75, 3.05) is 18.0 Å². The quantitative estimate of drug-likeness (QED) is 0.876. The molecule has 2 heteroatoms. The SMILES string of the molecule is CCc1ccc(N2CCCC3NCC(C)(C)C32)cc1. The molecular formula is C17H26N2. The van der Waals surface area contributed by atoms with Gasteiger partial charge in [-0.25, -0.2) is 0 Å². The van der Waals surface area contributed by atoms with Gasteiger partial charge in [0.1, 0.15) is 0 Å². The average molecular weight is 258 g/mol. The molecule has 1 aromatic rings. The van der Waals surface area contributed by atoms with E-state index in [2.05, 4.69) is 55.3 Å². The van der Waals surface area contributed by atoms with E-state index in [0.717, 1.165) is 13.0 Å². The maximum atomic E-state index is 3.73. The molecule has 19 heavy (non-hydrogen) atoms. The lowest BCUT2D eigenvalue weighted by Crippen LogP contribution is -2.53. The Morgan fingerprint density at radius 2 is 2.00 bits per heavy atom. The second-order valence-electron chi connectivity index (χ2n) is 6.78. The summed E-state index contributed by atoms with van der Waals surface area (Å²) < 4.78 is 0. The molecule has 2 aliphatic rings. The lowest BCUT2D eigenvalue weighted by molar-refractivity contribution is 0.291. The number of nitrogens with one attached hydrogen (secondary N) is 1. The number of fused-ring (bicyclic) bond motifs is 1. The number of rotatable bonds is 2. The van der Waals surface area contributed by atoms with Gasteiger partial charge in [-0.15, -0.1) is 0 Å². The van der Waals surface area contributed by atoms with E-state index in [4.69, 9.17) is 0 Å². The molecule has 2 unspecified atom stereocenters. The van der Waals surface area contributed by atoms with Gasteiger partial charge in [0, 0.05) is 24.8 Å². The Kier molecular flexibility index (Phi) is 3.30. The zero-order valence-electron chi connectivity index (χ0n) is 12.4. The Morgan fingerprint density at radius 1 is 1.26 bits per heavy atom. The normalized spacial score (nSPS) is 29.3. The van der Waals surface area contributed by atoms with Crippen LogP contribution in [0.15, 0.2) is 24.3 Å². The van der Waals surface area contributed by atoms with E-state index in [0.29, 0.717) is 17.5 Å². The first kappa shape index (κ1) is 13.0. The molecule has 0 bridgehead atoms.